The highest BCUT2D eigenvalue weighted by molar-refractivity contribution is 6.13. The van der Waals surface area contributed by atoms with Gasteiger partial charge in [0.05, 0.1) is 5.69 Å². The molecule has 0 radical (unpaired) electrons. The van der Waals surface area contributed by atoms with Crippen LogP contribution >= 0.6 is 0 Å². The molecule has 12 rings (SSSR count). The van der Waals surface area contributed by atoms with E-state index in [1.807, 2.05) is 18.2 Å². The van der Waals surface area contributed by atoms with Crippen LogP contribution in [0.25, 0.3) is 88.0 Å². The fourth-order valence-electron chi connectivity index (χ4n) is 10.2. The molecule has 1 fully saturated rings. The fraction of sp³-hybridized carbons (Fsp3) is 0.103. The lowest BCUT2D eigenvalue weighted by Crippen LogP contribution is -2.11. The predicted molar refractivity (Wildman–Crippen MR) is 255 cm³/mol. The van der Waals surface area contributed by atoms with E-state index in [1.54, 1.807) is 0 Å². The van der Waals surface area contributed by atoms with Gasteiger partial charge in [-0.05, 0) is 106 Å². The van der Waals surface area contributed by atoms with Gasteiger partial charge in [0, 0.05) is 44.0 Å². The maximum absolute atomic E-state index is 6.48. The molecule has 1 aliphatic carbocycles. The molecular weight excluding hydrogens is 743 g/mol. The van der Waals surface area contributed by atoms with Gasteiger partial charge in [-0.25, -0.2) is 0 Å². The number of nitrogens with zero attached hydrogens (tertiary/aromatic N) is 1. The van der Waals surface area contributed by atoms with Crippen LogP contribution in [0.3, 0.4) is 0 Å². The summed E-state index contributed by atoms with van der Waals surface area (Å²) in [5.74, 6) is 0.579. The van der Waals surface area contributed by atoms with E-state index in [0.29, 0.717) is 5.92 Å². The van der Waals surface area contributed by atoms with Crippen LogP contribution in [0.4, 0.5) is 17.1 Å². The average molecular weight is 786 g/mol. The molecule has 1 aliphatic rings. The predicted octanol–water partition coefficient (Wildman–Crippen LogP) is 17.2. The van der Waals surface area contributed by atoms with E-state index in [9.17, 15) is 0 Å². The Bertz CT molecular complexity index is 3400. The third-order valence-electron chi connectivity index (χ3n) is 13.1. The zero-order valence-electron chi connectivity index (χ0n) is 33.9. The largest absolute Gasteiger partial charge is 0.456 e. The van der Waals surface area contributed by atoms with E-state index in [-0.39, 0.29) is 0 Å². The summed E-state index contributed by atoms with van der Waals surface area (Å²) >= 11 is 0. The monoisotopic (exact) mass is 785 g/mol. The van der Waals surface area contributed by atoms with E-state index in [1.165, 1.54) is 59.6 Å². The van der Waals surface area contributed by atoms with Crippen LogP contribution in [-0.4, -0.2) is 0 Å². The Morgan fingerprint density at radius 2 is 0.934 bits per heavy atom. The second-order valence-corrected chi connectivity index (χ2v) is 16.6. The number of rotatable bonds is 7. The SMILES string of the molecule is c1ccc(N(c2ccc(-c3cccc4c3oc3ccccc34)cc2)c2ccc(-c3cccc4oc5ccccc5c34)cc2)c(-c2cccc3cccc(C4CCCCC4)c23)c1. The number of hydrogen-bond acceptors (Lipinski definition) is 3. The highest BCUT2D eigenvalue weighted by atomic mass is 16.3. The van der Waals surface area contributed by atoms with E-state index in [2.05, 4.69) is 181 Å². The number of fused-ring (bicyclic) bond motifs is 7. The maximum atomic E-state index is 6.48. The van der Waals surface area contributed by atoms with Crippen LogP contribution in [0.15, 0.2) is 203 Å². The molecule has 3 heteroatoms. The van der Waals surface area contributed by atoms with Crippen molar-refractivity contribution in [2.24, 2.45) is 0 Å². The summed E-state index contributed by atoms with van der Waals surface area (Å²) in [5, 5.41) is 7.24. The number of para-hydroxylation sites is 4. The van der Waals surface area contributed by atoms with E-state index in [4.69, 9.17) is 8.83 Å². The molecule has 3 nitrogen and oxygen atoms in total. The van der Waals surface area contributed by atoms with E-state index >= 15 is 0 Å². The third-order valence-corrected chi connectivity index (χ3v) is 13.1. The smallest absolute Gasteiger partial charge is 0.143 e. The minimum absolute atomic E-state index is 0.579. The van der Waals surface area contributed by atoms with Crippen molar-refractivity contribution < 1.29 is 8.83 Å². The topological polar surface area (TPSA) is 29.5 Å². The standard InChI is InChI=1S/C58H43NO2/c1-2-14-38(15-3-1)44-21-10-16-41-17-11-24-49(56(41)44)47-18-4-7-26-52(47)59(42-34-30-39(31-35-42)45-22-13-29-55-57(45)51-20-6-9-28-54(51)60-55)43-36-32-40(33-37-43)46-23-12-25-50-48-19-5-8-27-53(48)61-58(46)50/h4-13,16-38H,1-3,14-15H2. The molecule has 0 bridgehead atoms. The average Bonchev–Trinajstić information content (AvgIpc) is 3.91. The summed E-state index contributed by atoms with van der Waals surface area (Å²) in [6.07, 6.45) is 6.45. The van der Waals surface area contributed by atoms with Gasteiger partial charge in [-0.15, -0.1) is 0 Å². The molecular formula is C58H43NO2. The molecule has 0 amide bonds. The Kier molecular flexibility index (Phi) is 8.59. The molecule has 0 unspecified atom stereocenters. The lowest BCUT2D eigenvalue weighted by molar-refractivity contribution is 0.445. The van der Waals surface area contributed by atoms with Gasteiger partial charge >= 0.3 is 0 Å². The summed E-state index contributed by atoms with van der Waals surface area (Å²) in [7, 11) is 0. The quantitative estimate of drug-likeness (QED) is 0.161. The molecule has 2 heterocycles. The van der Waals surface area contributed by atoms with Crippen molar-refractivity contribution in [3.63, 3.8) is 0 Å². The Balaban J connectivity index is 1.02. The minimum atomic E-state index is 0.579. The summed E-state index contributed by atoms with van der Waals surface area (Å²) in [6.45, 7) is 0. The highest BCUT2D eigenvalue weighted by Gasteiger charge is 2.23. The van der Waals surface area contributed by atoms with Gasteiger partial charge in [0.25, 0.3) is 0 Å². The molecule has 11 aromatic rings. The molecule has 292 valence electrons. The molecule has 1 saturated carbocycles. The Morgan fingerprint density at radius 3 is 1.72 bits per heavy atom. The van der Waals surface area contributed by atoms with Crippen LogP contribution in [0.5, 0.6) is 0 Å². The van der Waals surface area contributed by atoms with Gasteiger partial charge in [-0.1, -0.05) is 165 Å². The Labute approximate surface area is 355 Å². The van der Waals surface area contributed by atoms with Crippen molar-refractivity contribution in [2.75, 3.05) is 4.90 Å². The first-order valence-electron chi connectivity index (χ1n) is 21.7. The number of anilines is 3. The van der Waals surface area contributed by atoms with Gasteiger partial charge in [0.2, 0.25) is 0 Å². The van der Waals surface area contributed by atoms with Crippen LogP contribution in [0.1, 0.15) is 43.6 Å². The molecule has 0 N–H and O–H groups in total. The summed E-state index contributed by atoms with van der Waals surface area (Å²) in [5.41, 5.74) is 15.4. The number of benzene rings is 9. The molecule has 2 aromatic heterocycles. The first kappa shape index (κ1) is 35.6. The second kappa shape index (κ2) is 14.7. The van der Waals surface area contributed by atoms with E-state index < -0.39 is 0 Å². The molecule has 0 saturated heterocycles. The lowest BCUT2D eigenvalue weighted by atomic mass is 9.80. The molecule has 0 aliphatic heterocycles. The maximum Gasteiger partial charge on any atom is 0.143 e. The molecule has 0 atom stereocenters. The van der Waals surface area contributed by atoms with Gasteiger partial charge in [-0.3, -0.25) is 0 Å². The lowest BCUT2D eigenvalue weighted by Gasteiger charge is -2.29. The van der Waals surface area contributed by atoms with Crippen molar-refractivity contribution in [1.82, 2.24) is 0 Å². The summed E-state index contributed by atoms with van der Waals surface area (Å²) in [4.78, 5) is 2.43. The third kappa shape index (κ3) is 6.03. The fourth-order valence-corrected chi connectivity index (χ4v) is 10.2. The Morgan fingerprint density at radius 1 is 0.377 bits per heavy atom. The second-order valence-electron chi connectivity index (χ2n) is 16.6. The van der Waals surface area contributed by atoms with Gasteiger partial charge < -0.3 is 13.7 Å². The van der Waals surface area contributed by atoms with Crippen LogP contribution in [-0.2, 0) is 0 Å². The first-order valence-corrected chi connectivity index (χ1v) is 21.7. The van der Waals surface area contributed by atoms with Crippen LogP contribution in [0, 0.1) is 0 Å². The van der Waals surface area contributed by atoms with Crippen LogP contribution < -0.4 is 4.90 Å². The van der Waals surface area contributed by atoms with Gasteiger partial charge in [-0.2, -0.15) is 0 Å². The molecule has 0 spiro atoms. The van der Waals surface area contributed by atoms with E-state index in [0.717, 1.165) is 83.2 Å². The normalized spacial score (nSPS) is 13.5. The molecule has 9 aromatic carbocycles. The Hall–Kier alpha value is -7.36. The molecule has 61 heavy (non-hydrogen) atoms. The van der Waals surface area contributed by atoms with Crippen molar-refractivity contribution in [3.8, 4) is 33.4 Å². The zero-order chi connectivity index (χ0) is 40.3. The van der Waals surface area contributed by atoms with Crippen molar-refractivity contribution in [1.29, 1.82) is 0 Å². The van der Waals surface area contributed by atoms with Crippen molar-refractivity contribution in [3.05, 3.63) is 200 Å². The van der Waals surface area contributed by atoms with Gasteiger partial charge in [0.1, 0.15) is 22.3 Å². The number of hydrogen-bond donors (Lipinski definition) is 0. The van der Waals surface area contributed by atoms with Gasteiger partial charge in [0.15, 0.2) is 0 Å². The van der Waals surface area contributed by atoms with Crippen molar-refractivity contribution >= 4 is 71.7 Å². The summed E-state index contributed by atoms with van der Waals surface area (Å²) in [6, 6.07) is 70.3. The summed E-state index contributed by atoms with van der Waals surface area (Å²) < 4.78 is 12.8. The first-order chi connectivity index (χ1) is 30.3. The minimum Gasteiger partial charge on any atom is -0.456 e. The number of furan rings is 2. The van der Waals surface area contributed by atoms with Crippen LogP contribution in [0.2, 0.25) is 0 Å². The van der Waals surface area contributed by atoms with Crippen molar-refractivity contribution in [2.45, 2.75) is 38.0 Å². The highest BCUT2D eigenvalue weighted by Crippen LogP contribution is 2.47. The zero-order valence-corrected chi connectivity index (χ0v) is 33.9.